The predicted octanol–water partition coefficient (Wildman–Crippen LogP) is 2.90. The van der Waals surface area contributed by atoms with Gasteiger partial charge in [-0.05, 0) is 36.8 Å². The molecule has 1 aromatic rings. The number of methoxy groups -OCH3 is 3. The average molecular weight is 335 g/mol. The van der Waals surface area contributed by atoms with E-state index in [1.807, 2.05) is 18.2 Å². The van der Waals surface area contributed by atoms with Crippen LogP contribution in [-0.4, -0.2) is 47.5 Å². The molecule has 2 rings (SSSR count). The van der Waals surface area contributed by atoms with E-state index in [2.05, 4.69) is 15.6 Å². The third-order valence-electron chi connectivity index (χ3n) is 4.75. The molecule has 134 valence electrons. The molecule has 0 spiro atoms. The third kappa shape index (κ3) is 4.54. The lowest BCUT2D eigenvalue weighted by molar-refractivity contribution is 0.0735. The molecule has 0 atom stereocenters. The maximum atomic E-state index is 5.34. The van der Waals surface area contributed by atoms with Crippen LogP contribution in [0.15, 0.2) is 23.2 Å². The van der Waals surface area contributed by atoms with E-state index >= 15 is 0 Å². The van der Waals surface area contributed by atoms with Crippen LogP contribution < -0.4 is 20.1 Å². The van der Waals surface area contributed by atoms with E-state index in [9.17, 15) is 0 Å². The second kappa shape index (κ2) is 8.78. The first-order chi connectivity index (χ1) is 11.7. The number of guanidine groups is 1. The highest BCUT2D eigenvalue weighted by atomic mass is 16.5. The van der Waals surface area contributed by atoms with Gasteiger partial charge in [-0.2, -0.15) is 0 Å². The average Bonchev–Trinajstić information content (AvgIpc) is 2.59. The van der Waals surface area contributed by atoms with E-state index in [1.54, 1.807) is 28.4 Å². The number of anilines is 1. The smallest absolute Gasteiger partial charge is 0.195 e. The molecule has 1 aromatic carbocycles. The lowest BCUT2D eigenvalue weighted by Gasteiger charge is -2.42. The molecule has 6 heteroatoms. The summed E-state index contributed by atoms with van der Waals surface area (Å²) in [6.45, 7) is 1.71. The molecule has 0 aliphatic heterocycles. The predicted molar refractivity (Wildman–Crippen MR) is 97.3 cm³/mol. The molecule has 1 aliphatic rings. The van der Waals surface area contributed by atoms with Crippen molar-refractivity contribution in [3.05, 3.63) is 18.2 Å². The maximum absolute atomic E-state index is 5.34. The molecule has 2 N–H and O–H groups in total. The summed E-state index contributed by atoms with van der Waals surface area (Å²) in [7, 11) is 6.80. The third-order valence-corrected chi connectivity index (χ3v) is 4.75. The van der Waals surface area contributed by atoms with E-state index in [-0.39, 0.29) is 0 Å². The number of nitrogens with one attached hydrogen (secondary N) is 2. The number of ether oxygens (including phenoxy) is 3. The molecule has 0 aromatic heterocycles. The molecule has 0 heterocycles. The van der Waals surface area contributed by atoms with Gasteiger partial charge in [0.2, 0.25) is 0 Å². The normalized spacial score (nSPS) is 16.2. The van der Waals surface area contributed by atoms with Crippen LogP contribution in [0.4, 0.5) is 5.69 Å². The number of hydrogen-bond donors (Lipinski definition) is 2. The first-order valence-corrected chi connectivity index (χ1v) is 8.35. The van der Waals surface area contributed by atoms with Crippen molar-refractivity contribution in [3.8, 4) is 11.5 Å². The second-order valence-electron chi connectivity index (χ2n) is 6.22. The number of rotatable bonds is 8. The number of benzene rings is 1. The molecule has 0 radical (unpaired) electrons. The van der Waals surface area contributed by atoms with Crippen LogP contribution in [0.3, 0.4) is 0 Å². The summed E-state index contributed by atoms with van der Waals surface area (Å²) in [6.07, 6.45) is 4.88. The van der Waals surface area contributed by atoms with Gasteiger partial charge in [-0.1, -0.05) is 6.42 Å². The SMILES string of the molecule is CN=C(NCC1(CCOC)CCC1)Nc1ccc(OC)c(OC)c1. The molecule has 1 fully saturated rings. The highest BCUT2D eigenvalue weighted by Gasteiger charge is 2.36. The van der Waals surface area contributed by atoms with Gasteiger partial charge in [0.1, 0.15) is 0 Å². The Bertz CT molecular complexity index is 556. The van der Waals surface area contributed by atoms with Gasteiger partial charge in [-0.15, -0.1) is 0 Å². The summed E-state index contributed by atoms with van der Waals surface area (Å²) in [5.74, 6) is 2.15. The van der Waals surface area contributed by atoms with Gasteiger partial charge >= 0.3 is 0 Å². The fraction of sp³-hybridized carbons (Fsp3) is 0.611. The molecule has 0 bridgehead atoms. The van der Waals surface area contributed by atoms with Crippen molar-refractivity contribution in [3.63, 3.8) is 0 Å². The van der Waals surface area contributed by atoms with Crippen LogP contribution in [0.2, 0.25) is 0 Å². The summed E-state index contributed by atoms with van der Waals surface area (Å²) in [5.41, 5.74) is 1.24. The molecule has 0 unspecified atom stereocenters. The van der Waals surface area contributed by atoms with Crippen molar-refractivity contribution < 1.29 is 14.2 Å². The quantitative estimate of drug-likeness (QED) is 0.565. The molecule has 1 aliphatic carbocycles. The second-order valence-corrected chi connectivity index (χ2v) is 6.22. The van der Waals surface area contributed by atoms with E-state index in [1.165, 1.54) is 19.3 Å². The number of nitrogens with zero attached hydrogens (tertiary/aromatic N) is 1. The Kier molecular flexibility index (Phi) is 6.73. The molecule has 0 amide bonds. The standard InChI is InChI=1S/C18H29N3O3/c1-19-17(20-13-18(8-5-9-18)10-11-22-2)21-14-6-7-15(23-3)16(12-14)24-4/h6-7,12H,5,8-11,13H2,1-4H3,(H2,19,20,21). The van der Waals surface area contributed by atoms with Gasteiger partial charge in [0.25, 0.3) is 0 Å². The summed E-state index contributed by atoms with van der Waals surface area (Å²) < 4.78 is 15.9. The van der Waals surface area contributed by atoms with Crippen molar-refractivity contribution in [2.24, 2.45) is 10.4 Å². The number of aliphatic imine (C=N–C) groups is 1. The minimum atomic E-state index is 0.339. The van der Waals surface area contributed by atoms with Crippen LogP contribution in [0.1, 0.15) is 25.7 Å². The Labute approximate surface area is 144 Å². The minimum Gasteiger partial charge on any atom is -0.493 e. The molecule has 6 nitrogen and oxygen atoms in total. The van der Waals surface area contributed by atoms with Gasteiger partial charge in [0.05, 0.1) is 14.2 Å². The van der Waals surface area contributed by atoms with Crippen LogP contribution >= 0.6 is 0 Å². The van der Waals surface area contributed by atoms with Crippen molar-refractivity contribution in [2.75, 3.05) is 46.8 Å². The lowest BCUT2D eigenvalue weighted by Crippen LogP contribution is -2.44. The van der Waals surface area contributed by atoms with Crippen molar-refractivity contribution in [1.29, 1.82) is 0 Å². The highest BCUT2D eigenvalue weighted by molar-refractivity contribution is 5.93. The molecular formula is C18H29N3O3. The Balaban J connectivity index is 1.95. The van der Waals surface area contributed by atoms with E-state index < -0.39 is 0 Å². The van der Waals surface area contributed by atoms with Crippen LogP contribution in [-0.2, 0) is 4.74 Å². The van der Waals surface area contributed by atoms with Crippen LogP contribution in [0, 0.1) is 5.41 Å². The summed E-state index contributed by atoms with van der Waals surface area (Å²) in [4.78, 5) is 4.31. The van der Waals surface area contributed by atoms with Crippen molar-refractivity contribution in [2.45, 2.75) is 25.7 Å². The molecule has 24 heavy (non-hydrogen) atoms. The summed E-state index contributed by atoms with van der Waals surface area (Å²) in [6, 6.07) is 5.72. The van der Waals surface area contributed by atoms with Gasteiger partial charge in [0.15, 0.2) is 17.5 Å². The van der Waals surface area contributed by atoms with Gasteiger partial charge in [-0.25, -0.2) is 0 Å². The first kappa shape index (κ1) is 18.4. The Hall–Kier alpha value is -1.95. The highest BCUT2D eigenvalue weighted by Crippen LogP contribution is 2.43. The zero-order chi connectivity index (χ0) is 17.4. The number of hydrogen-bond acceptors (Lipinski definition) is 4. The maximum Gasteiger partial charge on any atom is 0.195 e. The Morgan fingerprint density at radius 3 is 2.46 bits per heavy atom. The summed E-state index contributed by atoms with van der Waals surface area (Å²) in [5, 5.41) is 6.75. The lowest BCUT2D eigenvalue weighted by atomic mass is 9.67. The Morgan fingerprint density at radius 1 is 1.17 bits per heavy atom. The first-order valence-electron chi connectivity index (χ1n) is 8.35. The molecule has 1 saturated carbocycles. The van der Waals surface area contributed by atoms with E-state index in [4.69, 9.17) is 14.2 Å². The molecular weight excluding hydrogens is 306 g/mol. The topological polar surface area (TPSA) is 64.1 Å². The van der Waals surface area contributed by atoms with E-state index in [0.717, 1.165) is 31.2 Å². The fourth-order valence-corrected chi connectivity index (χ4v) is 3.01. The zero-order valence-electron chi connectivity index (χ0n) is 15.1. The van der Waals surface area contributed by atoms with Crippen LogP contribution in [0.5, 0.6) is 11.5 Å². The Morgan fingerprint density at radius 2 is 1.92 bits per heavy atom. The van der Waals surface area contributed by atoms with Crippen molar-refractivity contribution >= 4 is 11.6 Å². The minimum absolute atomic E-state index is 0.339. The summed E-state index contributed by atoms with van der Waals surface area (Å²) >= 11 is 0. The van der Waals surface area contributed by atoms with Gasteiger partial charge in [-0.3, -0.25) is 4.99 Å². The van der Waals surface area contributed by atoms with Gasteiger partial charge < -0.3 is 24.8 Å². The molecule has 0 saturated heterocycles. The largest absolute Gasteiger partial charge is 0.493 e. The zero-order valence-corrected chi connectivity index (χ0v) is 15.1. The van der Waals surface area contributed by atoms with E-state index in [0.29, 0.717) is 16.9 Å². The monoisotopic (exact) mass is 335 g/mol. The van der Waals surface area contributed by atoms with Gasteiger partial charge in [0, 0.05) is 39.1 Å². The fourth-order valence-electron chi connectivity index (χ4n) is 3.01. The van der Waals surface area contributed by atoms with Crippen LogP contribution in [0.25, 0.3) is 0 Å². The van der Waals surface area contributed by atoms with Crippen molar-refractivity contribution in [1.82, 2.24) is 5.32 Å².